The molecule has 0 aliphatic carbocycles. The van der Waals surface area contributed by atoms with E-state index in [0.717, 1.165) is 10.3 Å². The van der Waals surface area contributed by atoms with E-state index in [4.69, 9.17) is 11.6 Å². The van der Waals surface area contributed by atoms with E-state index < -0.39 is 9.84 Å². The first-order valence-corrected chi connectivity index (χ1v) is 12.5. The minimum absolute atomic E-state index is 0.145. The lowest BCUT2D eigenvalue weighted by Gasteiger charge is -2.20. The summed E-state index contributed by atoms with van der Waals surface area (Å²) in [6.45, 7) is 0.294. The quantitative estimate of drug-likeness (QED) is 0.365. The number of aromatic nitrogens is 1. The number of rotatable bonds is 7. The van der Waals surface area contributed by atoms with Crippen molar-refractivity contribution < 1.29 is 13.2 Å². The standard InChI is InChI=1S/C23H19ClN2O3S2/c24-19-12-7-13-20-22(19)25-23(30-20)26(16-17-8-3-1-4-9-17)21(27)14-15-31(28,29)18-10-5-2-6-11-18/h1-13H,14-16H2. The summed E-state index contributed by atoms with van der Waals surface area (Å²) in [6.07, 6.45) is -0.145. The summed E-state index contributed by atoms with van der Waals surface area (Å²) in [5.74, 6) is -0.578. The smallest absolute Gasteiger partial charge is 0.230 e. The second-order valence-electron chi connectivity index (χ2n) is 6.93. The number of hydrogen-bond acceptors (Lipinski definition) is 5. The van der Waals surface area contributed by atoms with Crippen molar-refractivity contribution in [3.8, 4) is 0 Å². The van der Waals surface area contributed by atoms with Gasteiger partial charge in [0.25, 0.3) is 0 Å². The van der Waals surface area contributed by atoms with Crippen molar-refractivity contribution in [3.63, 3.8) is 0 Å². The number of anilines is 1. The number of halogens is 1. The minimum Gasteiger partial charge on any atom is -0.284 e. The van der Waals surface area contributed by atoms with Crippen molar-refractivity contribution in [3.05, 3.63) is 89.4 Å². The van der Waals surface area contributed by atoms with E-state index in [1.807, 2.05) is 42.5 Å². The molecule has 4 rings (SSSR count). The van der Waals surface area contributed by atoms with Crippen LogP contribution in [-0.4, -0.2) is 25.1 Å². The molecule has 0 aliphatic heterocycles. The maximum Gasteiger partial charge on any atom is 0.230 e. The third kappa shape index (κ3) is 4.95. The van der Waals surface area contributed by atoms with Crippen LogP contribution in [0.1, 0.15) is 12.0 Å². The predicted molar refractivity (Wildman–Crippen MR) is 125 cm³/mol. The van der Waals surface area contributed by atoms with Crippen LogP contribution in [0.25, 0.3) is 10.2 Å². The summed E-state index contributed by atoms with van der Waals surface area (Å²) in [7, 11) is -3.56. The fourth-order valence-corrected chi connectivity index (χ4v) is 5.68. The molecule has 0 N–H and O–H groups in total. The number of carbonyl (C=O) groups is 1. The first-order chi connectivity index (χ1) is 14.9. The third-order valence-corrected chi connectivity index (χ3v) is 7.84. The van der Waals surface area contributed by atoms with Crippen LogP contribution in [-0.2, 0) is 21.2 Å². The molecule has 0 spiro atoms. The zero-order chi connectivity index (χ0) is 21.8. The fourth-order valence-electron chi connectivity index (χ4n) is 3.15. The summed E-state index contributed by atoms with van der Waals surface area (Å²) >= 11 is 7.62. The van der Waals surface area contributed by atoms with Crippen molar-refractivity contribution >= 4 is 54.0 Å². The third-order valence-electron chi connectivity index (χ3n) is 4.76. The molecule has 4 aromatic rings. The molecule has 0 aliphatic rings. The molecule has 5 nitrogen and oxygen atoms in total. The molecule has 1 aromatic heterocycles. The number of hydrogen-bond donors (Lipinski definition) is 0. The van der Waals surface area contributed by atoms with Gasteiger partial charge in [-0.05, 0) is 29.8 Å². The van der Waals surface area contributed by atoms with Gasteiger partial charge in [-0.15, -0.1) is 0 Å². The van der Waals surface area contributed by atoms with Gasteiger partial charge < -0.3 is 0 Å². The summed E-state index contributed by atoms with van der Waals surface area (Å²) in [6, 6.07) is 23.2. The topological polar surface area (TPSA) is 67.3 Å². The van der Waals surface area contributed by atoms with Crippen LogP contribution in [0.3, 0.4) is 0 Å². The second kappa shape index (κ2) is 9.18. The number of fused-ring (bicyclic) bond motifs is 1. The van der Waals surface area contributed by atoms with Gasteiger partial charge in [0.1, 0.15) is 5.52 Å². The van der Waals surface area contributed by atoms with Crippen molar-refractivity contribution in [1.82, 2.24) is 4.98 Å². The molecule has 0 radical (unpaired) electrons. The first kappa shape index (κ1) is 21.5. The molecule has 0 saturated heterocycles. The van der Waals surface area contributed by atoms with E-state index in [2.05, 4.69) is 4.98 Å². The van der Waals surface area contributed by atoms with E-state index in [1.165, 1.54) is 28.4 Å². The maximum absolute atomic E-state index is 13.2. The molecular weight excluding hydrogens is 452 g/mol. The number of carbonyl (C=O) groups excluding carboxylic acids is 1. The van der Waals surface area contributed by atoms with Gasteiger partial charge in [-0.25, -0.2) is 13.4 Å². The summed E-state index contributed by atoms with van der Waals surface area (Å²) in [4.78, 5) is 19.5. The summed E-state index contributed by atoms with van der Waals surface area (Å²) < 4.78 is 26.1. The van der Waals surface area contributed by atoms with E-state index in [0.29, 0.717) is 22.2 Å². The van der Waals surface area contributed by atoms with Gasteiger partial charge in [-0.1, -0.05) is 77.5 Å². The fraction of sp³-hybridized carbons (Fsp3) is 0.130. The Bertz CT molecular complexity index is 1310. The Morgan fingerprint density at radius 1 is 0.935 bits per heavy atom. The molecule has 158 valence electrons. The van der Waals surface area contributed by atoms with Gasteiger partial charge in [-0.3, -0.25) is 9.69 Å². The molecule has 8 heteroatoms. The first-order valence-electron chi connectivity index (χ1n) is 9.61. The van der Waals surface area contributed by atoms with Crippen LogP contribution in [0.5, 0.6) is 0 Å². The van der Waals surface area contributed by atoms with Crippen LogP contribution >= 0.6 is 22.9 Å². The number of nitrogens with zero attached hydrogens (tertiary/aromatic N) is 2. The van der Waals surface area contributed by atoms with E-state index in [1.54, 1.807) is 24.3 Å². The Balaban J connectivity index is 1.62. The zero-order valence-corrected chi connectivity index (χ0v) is 18.8. The normalized spacial score (nSPS) is 11.5. The number of amides is 1. The average Bonchev–Trinajstić information content (AvgIpc) is 3.23. The SMILES string of the molecule is O=C(CCS(=O)(=O)c1ccccc1)N(Cc1ccccc1)c1nc2c(Cl)cccc2s1. The molecule has 0 bridgehead atoms. The second-order valence-corrected chi connectivity index (χ2v) is 10.5. The molecule has 31 heavy (non-hydrogen) atoms. The lowest BCUT2D eigenvalue weighted by Crippen LogP contribution is -2.31. The van der Waals surface area contributed by atoms with Crippen LogP contribution < -0.4 is 4.90 Å². The Hall–Kier alpha value is -2.74. The molecule has 1 heterocycles. The summed E-state index contributed by atoms with van der Waals surface area (Å²) in [5.41, 5.74) is 1.55. The average molecular weight is 471 g/mol. The van der Waals surface area contributed by atoms with Gasteiger partial charge in [0.2, 0.25) is 5.91 Å². The molecule has 0 unspecified atom stereocenters. The molecular formula is C23H19ClN2O3S2. The Labute approximate surface area is 189 Å². The van der Waals surface area contributed by atoms with Gasteiger partial charge >= 0.3 is 0 Å². The minimum atomic E-state index is -3.56. The zero-order valence-electron chi connectivity index (χ0n) is 16.4. The van der Waals surface area contributed by atoms with Gasteiger partial charge in [0.15, 0.2) is 15.0 Å². The molecule has 3 aromatic carbocycles. The highest BCUT2D eigenvalue weighted by Crippen LogP contribution is 2.33. The highest BCUT2D eigenvalue weighted by atomic mass is 35.5. The summed E-state index contributed by atoms with van der Waals surface area (Å²) in [5, 5.41) is 1.01. The van der Waals surface area contributed by atoms with Gasteiger partial charge in [0, 0.05) is 6.42 Å². The Morgan fingerprint density at radius 3 is 2.29 bits per heavy atom. The van der Waals surface area contributed by atoms with Gasteiger partial charge in [0.05, 0.1) is 26.9 Å². The lowest BCUT2D eigenvalue weighted by atomic mass is 10.2. The highest BCUT2D eigenvalue weighted by Gasteiger charge is 2.24. The largest absolute Gasteiger partial charge is 0.284 e. The van der Waals surface area contributed by atoms with Crippen LogP contribution in [0.2, 0.25) is 5.02 Å². The Morgan fingerprint density at radius 2 is 1.61 bits per heavy atom. The maximum atomic E-state index is 13.2. The number of benzene rings is 3. The predicted octanol–water partition coefficient (Wildman–Crippen LogP) is 5.35. The highest BCUT2D eigenvalue weighted by molar-refractivity contribution is 7.91. The number of thiazole rings is 1. The van der Waals surface area contributed by atoms with Crippen LogP contribution in [0.4, 0.5) is 5.13 Å². The van der Waals surface area contributed by atoms with E-state index >= 15 is 0 Å². The van der Waals surface area contributed by atoms with Crippen molar-refractivity contribution in [2.75, 3.05) is 10.7 Å². The van der Waals surface area contributed by atoms with E-state index in [-0.39, 0.29) is 23.0 Å². The van der Waals surface area contributed by atoms with E-state index in [9.17, 15) is 13.2 Å². The molecule has 0 saturated carbocycles. The number of sulfone groups is 1. The van der Waals surface area contributed by atoms with Crippen LogP contribution in [0.15, 0.2) is 83.8 Å². The molecule has 1 amide bonds. The molecule has 0 atom stereocenters. The van der Waals surface area contributed by atoms with Crippen molar-refractivity contribution in [1.29, 1.82) is 0 Å². The lowest BCUT2D eigenvalue weighted by molar-refractivity contribution is -0.118. The Kier molecular flexibility index (Phi) is 6.36. The van der Waals surface area contributed by atoms with Gasteiger partial charge in [-0.2, -0.15) is 0 Å². The van der Waals surface area contributed by atoms with Crippen molar-refractivity contribution in [2.24, 2.45) is 0 Å². The monoisotopic (exact) mass is 470 g/mol. The van der Waals surface area contributed by atoms with Crippen molar-refractivity contribution in [2.45, 2.75) is 17.9 Å². The molecule has 0 fully saturated rings. The number of para-hydroxylation sites is 1. The van der Waals surface area contributed by atoms with Crippen LogP contribution in [0, 0.1) is 0 Å².